The number of fused-ring (bicyclic) bond motifs is 1. The van der Waals surface area contributed by atoms with Crippen molar-refractivity contribution in [2.24, 2.45) is 0 Å². The number of carbonyl (C=O) groups excluding carboxylic acids is 1. The minimum absolute atomic E-state index is 0.0956. The average Bonchev–Trinajstić information content (AvgIpc) is 2.88. The number of nitrogens with zero attached hydrogens (tertiary/aromatic N) is 3. The van der Waals surface area contributed by atoms with Crippen molar-refractivity contribution in [1.29, 1.82) is 0 Å². The molecule has 184 valence electrons. The molecule has 2 heterocycles. The van der Waals surface area contributed by atoms with Crippen molar-refractivity contribution < 1.29 is 4.79 Å². The number of anilines is 1. The first-order valence-electron chi connectivity index (χ1n) is 12.3. The molecule has 1 atom stereocenters. The van der Waals surface area contributed by atoms with Gasteiger partial charge >= 0.3 is 5.69 Å². The molecule has 1 fully saturated rings. The van der Waals surface area contributed by atoms with E-state index >= 15 is 0 Å². The molecule has 1 aromatic heterocycles. The minimum atomic E-state index is -0.464. The fourth-order valence-corrected chi connectivity index (χ4v) is 4.99. The number of rotatable bonds is 5. The van der Waals surface area contributed by atoms with Crippen LogP contribution in [-0.2, 0) is 13.0 Å². The maximum atomic E-state index is 13.3. The van der Waals surface area contributed by atoms with Crippen molar-refractivity contribution in [3.8, 4) is 0 Å². The molecule has 1 saturated heterocycles. The van der Waals surface area contributed by atoms with Crippen LogP contribution in [0.2, 0.25) is 0 Å². The van der Waals surface area contributed by atoms with Crippen LogP contribution in [0.25, 0.3) is 10.9 Å². The second-order valence-electron chi connectivity index (χ2n) is 9.52. The average molecular weight is 483 g/mol. The van der Waals surface area contributed by atoms with Gasteiger partial charge in [-0.3, -0.25) is 14.2 Å². The number of piperazine rings is 1. The molecule has 7 nitrogen and oxygen atoms in total. The van der Waals surface area contributed by atoms with E-state index in [0.29, 0.717) is 36.0 Å². The Kier molecular flexibility index (Phi) is 6.46. The van der Waals surface area contributed by atoms with Crippen molar-refractivity contribution in [1.82, 2.24) is 14.5 Å². The Hall–Kier alpha value is -4.13. The van der Waals surface area contributed by atoms with Crippen LogP contribution >= 0.6 is 0 Å². The number of carbonyl (C=O) groups is 1. The van der Waals surface area contributed by atoms with Crippen LogP contribution in [-0.4, -0.2) is 46.0 Å². The van der Waals surface area contributed by atoms with Crippen LogP contribution in [0.15, 0.2) is 82.4 Å². The van der Waals surface area contributed by atoms with Gasteiger partial charge in [-0.15, -0.1) is 0 Å². The third-order valence-corrected chi connectivity index (χ3v) is 6.94. The third kappa shape index (κ3) is 4.69. The Labute approximate surface area is 209 Å². The highest BCUT2D eigenvalue weighted by Crippen LogP contribution is 2.23. The molecule has 0 aliphatic carbocycles. The summed E-state index contributed by atoms with van der Waals surface area (Å²) in [5, 5.41) is 0.400. The Balaban J connectivity index is 1.34. The van der Waals surface area contributed by atoms with Gasteiger partial charge in [0.15, 0.2) is 0 Å². The highest BCUT2D eigenvalue weighted by Gasteiger charge is 2.28. The van der Waals surface area contributed by atoms with Crippen LogP contribution in [0.5, 0.6) is 0 Å². The highest BCUT2D eigenvalue weighted by molar-refractivity contribution is 5.97. The molecule has 36 heavy (non-hydrogen) atoms. The quantitative estimate of drug-likeness (QED) is 0.472. The summed E-state index contributed by atoms with van der Waals surface area (Å²) in [7, 11) is 0. The van der Waals surface area contributed by atoms with E-state index in [1.165, 1.54) is 15.8 Å². The lowest BCUT2D eigenvalue weighted by atomic mass is 10.1. The number of benzene rings is 3. The molecule has 0 unspecified atom stereocenters. The molecule has 4 aromatic rings. The van der Waals surface area contributed by atoms with Gasteiger partial charge < -0.3 is 14.8 Å². The number of aromatic amines is 1. The van der Waals surface area contributed by atoms with Crippen molar-refractivity contribution in [2.45, 2.75) is 32.9 Å². The molecule has 0 spiro atoms. The van der Waals surface area contributed by atoms with E-state index in [2.05, 4.69) is 48.0 Å². The number of H-pyrrole nitrogens is 1. The Morgan fingerprint density at radius 1 is 0.972 bits per heavy atom. The van der Waals surface area contributed by atoms with Gasteiger partial charge in [0.05, 0.1) is 10.9 Å². The maximum absolute atomic E-state index is 13.3. The third-order valence-electron chi connectivity index (χ3n) is 6.94. The topological polar surface area (TPSA) is 78.4 Å². The van der Waals surface area contributed by atoms with Crippen LogP contribution < -0.4 is 16.1 Å². The second-order valence-corrected chi connectivity index (χ2v) is 9.52. The van der Waals surface area contributed by atoms with E-state index in [-0.39, 0.29) is 24.1 Å². The van der Waals surface area contributed by atoms with Crippen LogP contribution in [0.1, 0.15) is 28.4 Å². The zero-order valence-electron chi connectivity index (χ0n) is 20.6. The van der Waals surface area contributed by atoms with E-state index in [0.717, 1.165) is 12.1 Å². The van der Waals surface area contributed by atoms with Gasteiger partial charge in [0, 0.05) is 43.5 Å². The molecule has 0 saturated carbocycles. The van der Waals surface area contributed by atoms with Crippen molar-refractivity contribution in [2.75, 3.05) is 24.5 Å². The molecule has 1 amide bonds. The summed E-state index contributed by atoms with van der Waals surface area (Å²) in [4.78, 5) is 46.0. The summed E-state index contributed by atoms with van der Waals surface area (Å²) in [5.41, 5.74) is 3.48. The SMILES string of the molecule is Cc1cccc(N2CCN(C(=O)c3ccc4c(=O)n(CCc5ccccc5)c(=O)[nH]c4c3)C[C@H]2C)c1. The first-order valence-corrected chi connectivity index (χ1v) is 12.3. The fourth-order valence-electron chi connectivity index (χ4n) is 4.99. The molecule has 1 aliphatic heterocycles. The summed E-state index contributed by atoms with van der Waals surface area (Å²) in [5.74, 6) is -0.0956. The van der Waals surface area contributed by atoms with Gasteiger partial charge in [-0.05, 0) is 61.7 Å². The number of aromatic nitrogens is 2. The van der Waals surface area contributed by atoms with Crippen molar-refractivity contribution in [3.05, 3.63) is 110 Å². The number of nitrogens with one attached hydrogen (secondary N) is 1. The van der Waals surface area contributed by atoms with Gasteiger partial charge in [-0.25, -0.2) is 4.79 Å². The summed E-state index contributed by atoms with van der Waals surface area (Å²) < 4.78 is 1.23. The van der Waals surface area contributed by atoms with Crippen LogP contribution in [0.3, 0.4) is 0 Å². The number of aryl methyl sites for hydroxylation is 2. The molecule has 1 N–H and O–H groups in total. The predicted octanol–water partition coefficient (Wildman–Crippen LogP) is 3.59. The molecular weight excluding hydrogens is 452 g/mol. The first-order chi connectivity index (χ1) is 17.4. The first kappa shape index (κ1) is 23.6. The molecule has 7 heteroatoms. The maximum Gasteiger partial charge on any atom is 0.328 e. The lowest BCUT2D eigenvalue weighted by Crippen LogP contribution is -2.53. The van der Waals surface area contributed by atoms with Gasteiger partial charge in [0.25, 0.3) is 11.5 Å². The second kappa shape index (κ2) is 9.85. The zero-order valence-corrected chi connectivity index (χ0v) is 20.6. The van der Waals surface area contributed by atoms with Crippen LogP contribution in [0, 0.1) is 6.92 Å². The smallest absolute Gasteiger partial charge is 0.328 e. The monoisotopic (exact) mass is 482 g/mol. The Morgan fingerprint density at radius 2 is 1.78 bits per heavy atom. The van der Waals surface area contributed by atoms with Crippen molar-refractivity contribution >= 4 is 22.5 Å². The zero-order chi connectivity index (χ0) is 25.2. The Bertz CT molecular complexity index is 1520. The van der Waals surface area contributed by atoms with E-state index in [9.17, 15) is 14.4 Å². The van der Waals surface area contributed by atoms with Gasteiger partial charge in [-0.2, -0.15) is 0 Å². The minimum Gasteiger partial charge on any atom is -0.365 e. The Morgan fingerprint density at radius 3 is 2.53 bits per heavy atom. The van der Waals surface area contributed by atoms with Gasteiger partial charge in [0.1, 0.15) is 0 Å². The fraction of sp³-hybridized carbons (Fsp3) is 0.276. The normalized spacial score (nSPS) is 15.9. The molecule has 0 radical (unpaired) electrons. The largest absolute Gasteiger partial charge is 0.365 e. The van der Waals surface area contributed by atoms with E-state index in [1.807, 2.05) is 35.2 Å². The molecule has 3 aromatic carbocycles. The number of amides is 1. The molecule has 0 bridgehead atoms. The van der Waals surface area contributed by atoms with Gasteiger partial charge in [0.2, 0.25) is 0 Å². The van der Waals surface area contributed by atoms with E-state index in [1.54, 1.807) is 18.2 Å². The predicted molar refractivity (Wildman–Crippen MR) is 143 cm³/mol. The summed E-state index contributed by atoms with van der Waals surface area (Å²) in [6.07, 6.45) is 0.582. The van der Waals surface area contributed by atoms with E-state index in [4.69, 9.17) is 0 Å². The van der Waals surface area contributed by atoms with E-state index < -0.39 is 5.69 Å². The summed E-state index contributed by atoms with van der Waals surface area (Å²) >= 11 is 0. The van der Waals surface area contributed by atoms with Crippen LogP contribution in [0.4, 0.5) is 5.69 Å². The number of hydrogen-bond acceptors (Lipinski definition) is 4. The summed E-state index contributed by atoms with van der Waals surface area (Å²) in [6.45, 7) is 6.44. The van der Waals surface area contributed by atoms with Crippen molar-refractivity contribution in [3.63, 3.8) is 0 Å². The van der Waals surface area contributed by atoms with Gasteiger partial charge in [-0.1, -0.05) is 42.5 Å². The highest BCUT2D eigenvalue weighted by atomic mass is 16.2. The molecule has 5 rings (SSSR count). The molecular formula is C29H30N4O3. The molecule has 1 aliphatic rings. The lowest BCUT2D eigenvalue weighted by molar-refractivity contribution is 0.0726. The standard InChI is InChI=1S/C29H30N4O3/c1-20-7-6-10-24(17-20)32-16-15-31(19-21(32)2)27(34)23-11-12-25-26(18-23)30-29(36)33(28(25)35)14-13-22-8-4-3-5-9-22/h3-12,17-18,21H,13-16,19H2,1-2H3,(H,30,36)/t21-/m1/s1. The number of hydrogen-bond donors (Lipinski definition) is 1. The lowest BCUT2D eigenvalue weighted by Gasteiger charge is -2.41. The summed E-state index contributed by atoms with van der Waals surface area (Å²) in [6, 6.07) is 23.3.